The molecule has 0 radical (unpaired) electrons. The average Bonchev–Trinajstić information content (AvgIpc) is 3.03. The molecule has 0 aromatic heterocycles. The Labute approximate surface area is 177 Å². The summed E-state index contributed by atoms with van der Waals surface area (Å²) in [4.78, 5) is 16.5. The lowest BCUT2D eigenvalue weighted by Crippen LogP contribution is -2.54. The molecule has 0 saturated carbocycles. The summed E-state index contributed by atoms with van der Waals surface area (Å²) in [6, 6.07) is 16.8. The van der Waals surface area contributed by atoms with Crippen LogP contribution in [0.15, 0.2) is 54.6 Å². The van der Waals surface area contributed by atoms with Gasteiger partial charge in [0.05, 0.1) is 12.3 Å². The predicted molar refractivity (Wildman–Crippen MR) is 115 cm³/mol. The van der Waals surface area contributed by atoms with E-state index < -0.39 is 10.0 Å². The largest absolute Gasteiger partial charge is 0.457 e. The van der Waals surface area contributed by atoms with Crippen LogP contribution in [0.25, 0.3) is 0 Å². The molecule has 2 aliphatic heterocycles. The fourth-order valence-corrected chi connectivity index (χ4v) is 4.83. The molecule has 2 fully saturated rings. The number of carbonyl (C=O) groups excluding carboxylic acids is 1. The van der Waals surface area contributed by atoms with E-state index in [2.05, 4.69) is 4.72 Å². The maximum atomic E-state index is 12.9. The van der Waals surface area contributed by atoms with Gasteiger partial charge in [-0.3, -0.25) is 0 Å². The Hall–Kier alpha value is -2.58. The Kier molecular flexibility index (Phi) is 5.97. The van der Waals surface area contributed by atoms with Crippen LogP contribution in [0.2, 0.25) is 0 Å². The van der Waals surface area contributed by atoms with Crippen LogP contribution in [0.3, 0.4) is 0 Å². The molecule has 2 aromatic carbocycles. The molecule has 4 rings (SSSR count). The second kappa shape index (κ2) is 8.65. The van der Waals surface area contributed by atoms with Crippen LogP contribution in [-0.4, -0.2) is 62.2 Å². The number of nitrogens with one attached hydrogen (secondary N) is 1. The summed E-state index contributed by atoms with van der Waals surface area (Å²) in [5, 5.41) is 0. The fraction of sp³-hybridized carbons (Fsp3) is 0.409. The first-order valence-electron chi connectivity index (χ1n) is 10.2. The molecule has 8 heteroatoms. The highest BCUT2D eigenvalue weighted by atomic mass is 32.2. The van der Waals surface area contributed by atoms with Crippen LogP contribution >= 0.6 is 0 Å². The van der Waals surface area contributed by atoms with Gasteiger partial charge in [0.15, 0.2) is 0 Å². The first kappa shape index (κ1) is 20.7. The van der Waals surface area contributed by atoms with Crippen LogP contribution in [-0.2, 0) is 16.4 Å². The molecule has 2 aromatic rings. The molecular formula is C22H27N3O4S. The van der Waals surface area contributed by atoms with E-state index in [9.17, 15) is 13.2 Å². The van der Waals surface area contributed by atoms with E-state index in [1.165, 1.54) is 6.26 Å². The van der Waals surface area contributed by atoms with Crippen molar-refractivity contribution in [1.29, 1.82) is 0 Å². The van der Waals surface area contributed by atoms with Gasteiger partial charge in [-0.15, -0.1) is 0 Å². The van der Waals surface area contributed by atoms with Gasteiger partial charge in [0.25, 0.3) is 0 Å². The van der Waals surface area contributed by atoms with Crippen molar-refractivity contribution in [2.24, 2.45) is 0 Å². The topological polar surface area (TPSA) is 79.0 Å². The minimum absolute atomic E-state index is 0.00748. The summed E-state index contributed by atoms with van der Waals surface area (Å²) in [6.07, 6.45) is 3.39. The smallest absolute Gasteiger partial charge is 0.320 e. The number of benzene rings is 2. The molecule has 2 aliphatic rings. The second-order valence-electron chi connectivity index (χ2n) is 7.93. The van der Waals surface area contributed by atoms with Crippen molar-refractivity contribution in [2.75, 3.05) is 25.9 Å². The Morgan fingerprint density at radius 1 is 1.03 bits per heavy atom. The van der Waals surface area contributed by atoms with Crippen molar-refractivity contribution in [3.05, 3.63) is 60.2 Å². The molecular weight excluding hydrogens is 402 g/mol. The number of likely N-dealkylation sites (tertiary alicyclic amines) is 2. The molecule has 160 valence electrons. The number of rotatable bonds is 6. The maximum absolute atomic E-state index is 12.9. The molecule has 2 heterocycles. The SMILES string of the molecule is CS(=O)(=O)NC1CCN(C(=O)N2CCC2)C1Cc1ccc(Oc2ccccc2)cc1. The third-order valence-corrected chi connectivity index (χ3v) is 6.36. The molecule has 2 unspecified atom stereocenters. The molecule has 0 spiro atoms. The van der Waals surface area contributed by atoms with Crippen LogP contribution in [0.1, 0.15) is 18.4 Å². The lowest BCUT2D eigenvalue weighted by Gasteiger charge is -2.37. The number of urea groups is 1. The average molecular weight is 430 g/mol. The molecule has 30 heavy (non-hydrogen) atoms. The van der Waals surface area contributed by atoms with Gasteiger partial charge in [-0.05, 0) is 49.1 Å². The van der Waals surface area contributed by atoms with Gasteiger partial charge >= 0.3 is 6.03 Å². The van der Waals surface area contributed by atoms with E-state index >= 15 is 0 Å². The summed E-state index contributed by atoms with van der Waals surface area (Å²) in [7, 11) is -3.36. The van der Waals surface area contributed by atoms with E-state index in [4.69, 9.17) is 4.74 Å². The summed E-state index contributed by atoms with van der Waals surface area (Å²) in [5.74, 6) is 1.50. The van der Waals surface area contributed by atoms with E-state index in [0.717, 1.165) is 36.6 Å². The van der Waals surface area contributed by atoms with Crippen molar-refractivity contribution in [2.45, 2.75) is 31.3 Å². The van der Waals surface area contributed by atoms with E-state index in [1.54, 1.807) is 0 Å². The molecule has 2 amide bonds. The van der Waals surface area contributed by atoms with Gasteiger partial charge in [0.2, 0.25) is 10.0 Å². The number of sulfonamides is 1. The van der Waals surface area contributed by atoms with Gasteiger partial charge in [0, 0.05) is 25.7 Å². The minimum Gasteiger partial charge on any atom is -0.457 e. The third-order valence-electron chi connectivity index (χ3n) is 5.63. The Morgan fingerprint density at radius 3 is 2.30 bits per heavy atom. The van der Waals surface area contributed by atoms with Gasteiger partial charge in [-0.1, -0.05) is 30.3 Å². The van der Waals surface area contributed by atoms with E-state index in [0.29, 0.717) is 19.4 Å². The number of nitrogens with zero attached hydrogens (tertiary/aromatic N) is 2. The van der Waals surface area contributed by atoms with Crippen LogP contribution in [0.4, 0.5) is 4.79 Å². The first-order valence-corrected chi connectivity index (χ1v) is 12.1. The molecule has 0 bridgehead atoms. The van der Waals surface area contributed by atoms with E-state index in [1.807, 2.05) is 64.4 Å². The summed E-state index contributed by atoms with van der Waals surface area (Å²) < 4.78 is 32.2. The number of ether oxygens (including phenoxy) is 1. The summed E-state index contributed by atoms with van der Waals surface area (Å²) in [6.45, 7) is 2.11. The summed E-state index contributed by atoms with van der Waals surface area (Å²) >= 11 is 0. The molecule has 7 nitrogen and oxygen atoms in total. The van der Waals surface area contributed by atoms with Gasteiger partial charge in [-0.25, -0.2) is 17.9 Å². The van der Waals surface area contributed by atoms with Crippen LogP contribution in [0, 0.1) is 0 Å². The Balaban J connectivity index is 1.48. The fourth-order valence-electron chi connectivity index (χ4n) is 4.00. The van der Waals surface area contributed by atoms with Gasteiger partial charge in [0.1, 0.15) is 11.5 Å². The zero-order chi connectivity index (χ0) is 21.1. The number of amides is 2. The normalized spacial score (nSPS) is 21.4. The Morgan fingerprint density at radius 2 is 1.70 bits per heavy atom. The van der Waals surface area contributed by atoms with Crippen molar-refractivity contribution in [3.63, 3.8) is 0 Å². The summed E-state index contributed by atoms with van der Waals surface area (Å²) in [5.41, 5.74) is 1.03. The number of hydrogen-bond donors (Lipinski definition) is 1. The number of hydrogen-bond acceptors (Lipinski definition) is 4. The van der Waals surface area contributed by atoms with Crippen LogP contribution < -0.4 is 9.46 Å². The first-order chi connectivity index (χ1) is 14.4. The molecule has 2 saturated heterocycles. The van der Waals surface area contributed by atoms with Crippen molar-refractivity contribution >= 4 is 16.1 Å². The van der Waals surface area contributed by atoms with Crippen molar-refractivity contribution in [1.82, 2.24) is 14.5 Å². The van der Waals surface area contributed by atoms with Crippen LogP contribution in [0.5, 0.6) is 11.5 Å². The highest BCUT2D eigenvalue weighted by Crippen LogP contribution is 2.27. The lowest BCUT2D eigenvalue weighted by atomic mass is 10.0. The second-order valence-corrected chi connectivity index (χ2v) is 9.71. The maximum Gasteiger partial charge on any atom is 0.320 e. The quantitative estimate of drug-likeness (QED) is 0.766. The van der Waals surface area contributed by atoms with Gasteiger partial charge < -0.3 is 14.5 Å². The zero-order valence-electron chi connectivity index (χ0n) is 17.0. The molecule has 2 atom stereocenters. The third kappa shape index (κ3) is 4.94. The Bertz CT molecular complexity index is 975. The molecule has 1 N–H and O–H groups in total. The number of carbonyl (C=O) groups is 1. The monoisotopic (exact) mass is 429 g/mol. The molecule has 0 aliphatic carbocycles. The highest BCUT2D eigenvalue weighted by Gasteiger charge is 2.40. The predicted octanol–water partition coefficient (Wildman–Crippen LogP) is 2.84. The highest BCUT2D eigenvalue weighted by molar-refractivity contribution is 7.88. The zero-order valence-corrected chi connectivity index (χ0v) is 17.8. The minimum atomic E-state index is -3.36. The standard InChI is InChI=1S/C22H27N3O4S/c1-30(27,28)23-20-12-15-25(22(26)24-13-5-14-24)21(20)16-17-8-10-19(11-9-17)29-18-6-3-2-4-7-18/h2-4,6-11,20-21,23H,5,12-16H2,1H3. The lowest BCUT2D eigenvalue weighted by molar-refractivity contribution is 0.120. The van der Waals surface area contributed by atoms with E-state index in [-0.39, 0.29) is 18.1 Å². The van der Waals surface area contributed by atoms with Crippen molar-refractivity contribution in [3.8, 4) is 11.5 Å². The van der Waals surface area contributed by atoms with Crippen molar-refractivity contribution < 1.29 is 17.9 Å². The number of para-hydroxylation sites is 1. The van der Waals surface area contributed by atoms with Gasteiger partial charge in [-0.2, -0.15) is 0 Å².